The van der Waals surface area contributed by atoms with Gasteiger partial charge in [0.15, 0.2) is 0 Å². The fraction of sp³-hybridized carbons (Fsp3) is 0.636. The molecular formula is C11H18N4O2. The molecule has 17 heavy (non-hydrogen) atoms. The van der Waals surface area contributed by atoms with Gasteiger partial charge in [0.25, 0.3) is 0 Å². The number of aromatic nitrogens is 2. The molecule has 0 spiro atoms. The summed E-state index contributed by atoms with van der Waals surface area (Å²) in [6.45, 7) is 1.91. The minimum absolute atomic E-state index is 0.0567. The number of nitrogens with one attached hydrogen (secondary N) is 2. The molecule has 0 saturated carbocycles. The fourth-order valence-corrected chi connectivity index (χ4v) is 1.80. The average Bonchev–Trinajstić information content (AvgIpc) is 2.97. The van der Waals surface area contributed by atoms with Gasteiger partial charge in [-0.3, -0.25) is 9.48 Å². The molecule has 1 aliphatic rings. The predicted molar refractivity (Wildman–Crippen MR) is 63.8 cm³/mol. The Morgan fingerprint density at radius 1 is 1.71 bits per heavy atom. The van der Waals surface area contributed by atoms with Crippen molar-refractivity contribution in [1.82, 2.24) is 15.1 Å². The van der Waals surface area contributed by atoms with Gasteiger partial charge in [-0.1, -0.05) is 0 Å². The maximum atomic E-state index is 11.1. The Balaban J connectivity index is 1.79. The number of amides is 1. The van der Waals surface area contributed by atoms with Crippen molar-refractivity contribution in [2.24, 2.45) is 0 Å². The Bertz CT molecular complexity index is 371. The van der Waals surface area contributed by atoms with Crippen molar-refractivity contribution in [1.29, 1.82) is 0 Å². The van der Waals surface area contributed by atoms with Gasteiger partial charge < -0.3 is 15.4 Å². The minimum atomic E-state index is -0.0567. The van der Waals surface area contributed by atoms with Crippen LogP contribution in [0.3, 0.4) is 0 Å². The van der Waals surface area contributed by atoms with E-state index in [0.717, 1.165) is 31.7 Å². The van der Waals surface area contributed by atoms with Crippen LogP contribution in [0.4, 0.5) is 5.69 Å². The number of hydrogen-bond acceptors (Lipinski definition) is 4. The second-order valence-corrected chi connectivity index (χ2v) is 4.12. The molecule has 0 radical (unpaired) electrons. The van der Waals surface area contributed by atoms with Gasteiger partial charge in [-0.25, -0.2) is 0 Å². The van der Waals surface area contributed by atoms with E-state index in [4.69, 9.17) is 4.74 Å². The molecule has 94 valence electrons. The minimum Gasteiger partial charge on any atom is -0.380 e. The summed E-state index contributed by atoms with van der Waals surface area (Å²) < 4.78 is 7.12. The monoisotopic (exact) mass is 238 g/mol. The van der Waals surface area contributed by atoms with Crippen LogP contribution in [0.25, 0.3) is 0 Å². The van der Waals surface area contributed by atoms with E-state index in [9.17, 15) is 4.79 Å². The van der Waals surface area contributed by atoms with Crippen molar-refractivity contribution >= 4 is 11.6 Å². The zero-order chi connectivity index (χ0) is 12.1. The number of hydrogen-bond donors (Lipinski definition) is 2. The molecule has 1 atom stereocenters. The summed E-state index contributed by atoms with van der Waals surface area (Å²) >= 11 is 0. The molecule has 0 aromatic carbocycles. The van der Waals surface area contributed by atoms with E-state index in [1.165, 1.54) is 0 Å². The third kappa shape index (κ3) is 3.45. The summed E-state index contributed by atoms with van der Waals surface area (Å²) in [5.74, 6) is -0.0567. The first kappa shape index (κ1) is 11.9. The first-order valence-electron chi connectivity index (χ1n) is 5.86. The lowest BCUT2D eigenvalue weighted by Crippen LogP contribution is -2.23. The van der Waals surface area contributed by atoms with E-state index in [1.807, 2.05) is 6.20 Å². The van der Waals surface area contributed by atoms with E-state index < -0.39 is 0 Å². The predicted octanol–water partition coefficient (Wildman–Crippen LogP) is 0.220. The Kier molecular flexibility index (Phi) is 3.98. The molecule has 6 nitrogen and oxygen atoms in total. The van der Waals surface area contributed by atoms with Crippen molar-refractivity contribution in [3.63, 3.8) is 0 Å². The van der Waals surface area contributed by atoms with Crippen molar-refractivity contribution in [2.75, 3.05) is 25.5 Å². The Morgan fingerprint density at radius 2 is 2.59 bits per heavy atom. The van der Waals surface area contributed by atoms with Gasteiger partial charge in [-0.15, -0.1) is 0 Å². The van der Waals surface area contributed by atoms with Crippen LogP contribution >= 0.6 is 0 Å². The van der Waals surface area contributed by atoms with Gasteiger partial charge in [-0.05, 0) is 12.8 Å². The number of carbonyl (C=O) groups is 1. The molecule has 1 fully saturated rings. The van der Waals surface area contributed by atoms with Crippen molar-refractivity contribution < 1.29 is 9.53 Å². The standard InChI is InChI=1S/C11H18N4O2/c1-12-11(16)8-15-7-9(5-14-15)13-6-10-3-2-4-17-10/h5,7,10,13H,2-4,6,8H2,1H3,(H,12,16). The zero-order valence-electron chi connectivity index (χ0n) is 9.98. The van der Waals surface area contributed by atoms with Gasteiger partial charge in [0.2, 0.25) is 5.91 Å². The Morgan fingerprint density at radius 3 is 3.29 bits per heavy atom. The molecule has 1 aromatic heterocycles. The van der Waals surface area contributed by atoms with Crippen molar-refractivity contribution in [3.05, 3.63) is 12.4 Å². The molecular weight excluding hydrogens is 220 g/mol. The fourth-order valence-electron chi connectivity index (χ4n) is 1.80. The van der Waals surface area contributed by atoms with Gasteiger partial charge in [0.05, 0.1) is 18.0 Å². The van der Waals surface area contributed by atoms with E-state index in [2.05, 4.69) is 15.7 Å². The number of anilines is 1. The van der Waals surface area contributed by atoms with Gasteiger partial charge in [-0.2, -0.15) is 5.10 Å². The van der Waals surface area contributed by atoms with Crippen LogP contribution in [0.15, 0.2) is 12.4 Å². The molecule has 1 saturated heterocycles. The molecule has 1 aliphatic heterocycles. The van der Waals surface area contributed by atoms with Crippen LogP contribution in [0.5, 0.6) is 0 Å². The number of ether oxygens (including phenoxy) is 1. The second kappa shape index (κ2) is 5.67. The lowest BCUT2D eigenvalue weighted by Gasteiger charge is -2.09. The van der Waals surface area contributed by atoms with Crippen LogP contribution in [0.1, 0.15) is 12.8 Å². The SMILES string of the molecule is CNC(=O)Cn1cc(NCC2CCCO2)cn1. The van der Waals surface area contributed by atoms with Crippen molar-refractivity contribution in [3.8, 4) is 0 Å². The van der Waals surface area contributed by atoms with E-state index in [-0.39, 0.29) is 12.5 Å². The largest absolute Gasteiger partial charge is 0.380 e. The van der Waals surface area contributed by atoms with Crippen LogP contribution < -0.4 is 10.6 Å². The molecule has 1 aromatic rings. The first-order valence-corrected chi connectivity index (χ1v) is 5.86. The number of carbonyl (C=O) groups excluding carboxylic acids is 1. The Hall–Kier alpha value is -1.56. The third-order valence-electron chi connectivity index (χ3n) is 2.78. The summed E-state index contributed by atoms with van der Waals surface area (Å²) in [6.07, 6.45) is 6.10. The smallest absolute Gasteiger partial charge is 0.241 e. The molecule has 2 N–H and O–H groups in total. The highest BCUT2D eigenvalue weighted by atomic mass is 16.5. The lowest BCUT2D eigenvalue weighted by atomic mass is 10.2. The quantitative estimate of drug-likeness (QED) is 0.770. The molecule has 0 aliphatic carbocycles. The van der Waals surface area contributed by atoms with Gasteiger partial charge >= 0.3 is 0 Å². The van der Waals surface area contributed by atoms with Crippen LogP contribution in [-0.2, 0) is 16.1 Å². The average molecular weight is 238 g/mol. The lowest BCUT2D eigenvalue weighted by molar-refractivity contribution is -0.121. The van der Waals surface area contributed by atoms with Crippen molar-refractivity contribution in [2.45, 2.75) is 25.5 Å². The van der Waals surface area contributed by atoms with Crippen LogP contribution in [0, 0.1) is 0 Å². The van der Waals surface area contributed by atoms with Crippen LogP contribution in [0.2, 0.25) is 0 Å². The van der Waals surface area contributed by atoms with Gasteiger partial charge in [0, 0.05) is 26.4 Å². The molecule has 0 bridgehead atoms. The highest BCUT2D eigenvalue weighted by Gasteiger charge is 2.15. The van der Waals surface area contributed by atoms with E-state index >= 15 is 0 Å². The van der Waals surface area contributed by atoms with E-state index in [1.54, 1.807) is 17.9 Å². The maximum Gasteiger partial charge on any atom is 0.241 e. The number of rotatable bonds is 5. The van der Waals surface area contributed by atoms with Gasteiger partial charge in [0.1, 0.15) is 6.54 Å². The third-order valence-corrected chi connectivity index (χ3v) is 2.78. The summed E-state index contributed by atoms with van der Waals surface area (Å²) in [7, 11) is 1.61. The summed E-state index contributed by atoms with van der Waals surface area (Å²) in [6, 6.07) is 0. The number of nitrogens with zero attached hydrogens (tertiary/aromatic N) is 2. The first-order chi connectivity index (χ1) is 8.28. The molecule has 6 heteroatoms. The van der Waals surface area contributed by atoms with Crippen LogP contribution in [-0.4, -0.2) is 42.0 Å². The summed E-state index contributed by atoms with van der Waals surface area (Å²) in [5, 5.41) is 9.92. The normalized spacial score (nSPS) is 19.2. The molecule has 2 rings (SSSR count). The van der Waals surface area contributed by atoms with E-state index in [0.29, 0.717) is 6.10 Å². The molecule has 1 amide bonds. The second-order valence-electron chi connectivity index (χ2n) is 4.12. The Labute approximate surface area is 100 Å². The number of likely N-dealkylation sites (N-methyl/N-ethyl adjacent to an activating group) is 1. The maximum absolute atomic E-state index is 11.1. The zero-order valence-corrected chi connectivity index (χ0v) is 9.98. The topological polar surface area (TPSA) is 68.2 Å². The summed E-state index contributed by atoms with van der Waals surface area (Å²) in [5.41, 5.74) is 0.921. The highest BCUT2D eigenvalue weighted by Crippen LogP contribution is 2.13. The highest BCUT2D eigenvalue weighted by molar-refractivity contribution is 5.75. The molecule has 1 unspecified atom stereocenters. The molecule has 2 heterocycles. The summed E-state index contributed by atoms with van der Waals surface area (Å²) in [4.78, 5) is 11.1.